The van der Waals surface area contributed by atoms with E-state index in [0.29, 0.717) is 12.6 Å². The summed E-state index contributed by atoms with van der Waals surface area (Å²) < 4.78 is 8.21. The Hall–Kier alpha value is -1.81. The first-order valence-corrected chi connectivity index (χ1v) is 7.27. The quantitative estimate of drug-likeness (QED) is 0.877. The van der Waals surface area contributed by atoms with Crippen molar-refractivity contribution in [2.75, 3.05) is 0 Å². The van der Waals surface area contributed by atoms with Crippen LogP contribution in [0.5, 0.6) is 5.75 Å². The largest absolute Gasteiger partial charge is 0.487 e. The standard InChI is InChI=1S/C16H21N3O/c1-2-15(17)14-5-3-4-6-16(14)20-10-13-9-18-11-19(13)12-7-8-12/h3-6,9,11-12,15H,2,7-8,10,17H2,1H3/t15-/m0/s1. The molecule has 1 aliphatic carbocycles. The van der Waals surface area contributed by atoms with Gasteiger partial charge in [0.2, 0.25) is 0 Å². The molecule has 0 saturated heterocycles. The Bertz CT molecular complexity index is 575. The summed E-state index contributed by atoms with van der Waals surface area (Å²) in [5.41, 5.74) is 8.34. The smallest absolute Gasteiger partial charge is 0.130 e. The maximum Gasteiger partial charge on any atom is 0.130 e. The highest BCUT2D eigenvalue weighted by Gasteiger charge is 2.25. The van der Waals surface area contributed by atoms with Gasteiger partial charge in [-0.3, -0.25) is 0 Å². The molecule has 1 aromatic carbocycles. The normalized spacial score (nSPS) is 16.1. The van der Waals surface area contributed by atoms with Crippen molar-refractivity contribution < 1.29 is 4.74 Å². The fourth-order valence-electron chi connectivity index (χ4n) is 2.42. The van der Waals surface area contributed by atoms with Gasteiger partial charge in [-0.25, -0.2) is 4.98 Å². The van der Waals surface area contributed by atoms with Gasteiger partial charge in [0, 0.05) is 17.6 Å². The molecule has 1 fully saturated rings. The van der Waals surface area contributed by atoms with Gasteiger partial charge in [0.15, 0.2) is 0 Å². The number of aromatic nitrogens is 2. The zero-order chi connectivity index (χ0) is 13.9. The zero-order valence-electron chi connectivity index (χ0n) is 11.8. The van der Waals surface area contributed by atoms with Crippen LogP contribution in [0.4, 0.5) is 0 Å². The second-order valence-corrected chi connectivity index (χ2v) is 5.36. The molecule has 1 aliphatic rings. The summed E-state index contributed by atoms with van der Waals surface area (Å²) in [7, 11) is 0. The average molecular weight is 271 g/mol. The zero-order valence-corrected chi connectivity index (χ0v) is 11.8. The molecule has 0 bridgehead atoms. The Morgan fingerprint density at radius 3 is 2.95 bits per heavy atom. The second kappa shape index (κ2) is 5.67. The van der Waals surface area contributed by atoms with Gasteiger partial charge in [-0.05, 0) is 25.3 Å². The highest BCUT2D eigenvalue weighted by Crippen LogP contribution is 2.36. The molecule has 3 rings (SSSR count). The summed E-state index contributed by atoms with van der Waals surface area (Å²) in [6, 6.07) is 8.68. The molecule has 0 radical (unpaired) electrons. The van der Waals surface area contributed by atoms with Crippen LogP contribution < -0.4 is 10.5 Å². The van der Waals surface area contributed by atoms with Gasteiger partial charge in [-0.1, -0.05) is 25.1 Å². The van der Waals surface area contributed by atoms with E-state index < -0.39 is 0 Å². The molecule has 0 spiro atoms. The van der Waals surface area contributed by atoms with Gasteiger partial charge in [0.05, 0.1) is 18.2 Å². The number of imidazole rings is 1. The molecule has 4 nitrogen and oxygen atoms in total. The lowest BCUT2D eigenvalue weighted by molar-refractivity contribution is 0.290. The van der Waals surface area contributed by atoms with Crippen LogP contribution in [-0.2, 0) is 6.61 Å². The molecule has 2 aromatic rings. The third-order valence-electron chi connectivity index (χ3n) is 3.82. The molecule has 1 heterocycles. The number of nitrogens with zero attached hydrogens (tertiary/aromatic N) is 2. The van der Waals surface area contributed by atoms with Crippen LogP contribution in [0.25, 0.3) is 0 Å². The van der Waals surface area contributed by atoms with Crippen molar-refractivity contribution in [3.8, 4) is 5.75 Å². The lowest BCUT2D eigenvalue weighted by Gasteiger charge is -2.16. The van der Waals surface area contributed by atoms with Gasteiger partial charge in [0.1, 0.15) is 12.4 Å². The van der Waals surface area contributed by atoms with Gasteiger partial charge < -0.3 is 15.0 Å². The molecule has 0 unspecified atom stereocenters. The van der Waals surface area contributed by atoms with Crippen LogP contribution in [0.15, 0.2) is 36.8 Å². The Kier molecular flexibility index (Phi) is 3.74. The highest BCUT2D eigenvalue weighted by molar-refractivity contribution is 5.35. The van der Waals surface area contributed by atoms with Crippen LogP contribution in [0.1, 0.15) is 49.5 Å². The molecule has 106 valence electrons. The summed E-state index contributed by atoms with van der Waals surface area (Å²) in [5.74, 6) is 0.880. The van der Waals surface area contributed by atoms with Crippen LogP contribution in [-0.4, -0.2) is 9.55 Å². The van der Waals surface area contributed by atoms with Crippen molar-refractivity contribution in [2.45, 2.75) is 44.9 Å². The number of para-hydroxylation sites is 1. The second-order valence-electron chi connectivity index (χ2n) is 5.36. The van der Waals surface area contributed by atoms with E-state index in [1.165, 1.54) is 12.8 Å². The third kappa shape index (κ3) is 2.70. The average Bonchev–Trinajstić information content (AvgIpc) is 3.23. The predicted octanol–water partition coefficient (Wildman–Crippen LogP) is 3.21. The maximum atomic E-state index is 6.13. The van der Waals surface area contributed by atoms with Crippen LogP contribution in [0, 0.1) is 0 Å². The molecule has 1 atom stereocenters. The Morgan fingerprint density at radius 1 is 1.40 bits per heavy atom. The maximum absolute atomic E-state index is 6.13. The van der Waals surface area contributed by atoms with Crippen molar-refractivity contribution in [3.05, 3.63) is 48.0 Å². The molecule has 2 N–H and O–H groups in total. The molecule has 4 heteroatoms. The number of hydrogen-bond donors (Lipinski definition) is 1. The number of nitrogens with two attached hydrogens (primary N) is 1. The van der Waals surface area contributed by atoms with E-state index in [-0.39, 0.29) is 6.04 Å². The SMILES string of the molecule is CC[C@H](N)c1ccccc1OCc1cncn1C1CC1. The monoisotopic (exact) mass is 271 g/mol. The van der Waals surface area contributed by atoms with Crippen molar-refractivity contribution >= 4 is 0 Å². The molecule has 0 amide bonds. The fourth-order valence-corrected chi connectivity index (χ4v) is 2.42. The van der Waals surface area contributed by atoms with Crippen molar-refractivity contribution in [3.63, 3.8) is 0 Å². The summed E-state index contributed by atoms with van der Waals surface area (Å²) in [5, 5.41) is 0. The minimum absolute atomic E-state index is 0.0274. The van der Waals surface area contributed by atoms with E-state index in [9.17, 15) is 0 Å². The van der Waals surface area contributed by atoms with Gasteiger partial charge in [-0.15, -0.1) is 0 Å². The molecule has 1 aromatic heterocycles. The highest BCUT2D eigenvalue weighted by atomic mass is 16.5. The fraction of sp³-hybridized carbons (Fsp3) is 0.438. The predicted molar refractivity (Wildman–Crippen MR) is 78.5 cm³/mol. The first-order valence-electron chi connectivity index (χ1n) is 7.27. The van der Waals surface area contributed by atoms with E-state index in [0.717, 1.165) is 23.4 Å². The number of ether oxygens (including phenoxy) is 1. The summed E-state index contributed by atoms with van der Waals surface area (Å²) in [6.45, 7) is 2.63. The summed E-state index contributed by atoms with van der Waals surface area (Å²) >= 11 is 0. The lowest BCUT2D eigenvalue weighted by atomic mass is 10.0. The van der Waals surface area contributed by atoms with Crippen molar-refractivity contribution in [1.82, 2.24) is 9.55 Å². The molecule has 1 saturated carbocycles. The van der Waals surface area contributed by atoms with E-state index in [1.807, 2.05) is 36.8 Å². The van der Waals surface area contributed by atoms with E-state index in [2.05, 4.69) is 16.5 Å². The Morgan fingerprint density at radius 2 is 2.20 bits per heavy atom. The summed E-state index contributed by atoms with van der Waals surface area (Å²) in [4.78, 5) is 4.23. The minimum Gasteiger partial charge on any atom is -0.487 e. The lowest BCUT2D eigenvalue weighted by Crippen LogP contribution is -2.11. The number of benzene rings is 1. The van der Waals surface area contributed by atoms with Crippen LogP contribution in [0.2, 0.25) is 0 Å². The van der Waals surface area contributed by atoms with E-state index in [4.69, 9.17) is 10.5 Å². The third-order valence-corrected chi connectivity index (χ3v) is 3.82. The van der Waals surface area contributed by atoms with Gasteiger partial charge >= 0.3 is 0 Å². The number of hydrogen-bond acceptors (Lipinski definition) is 3. The molecular weight excluding hydrogens is 250 g/mol. The first kappa shape index (κ1) is 13.2. The Labute approximate surface area is 119 Å². The van der Waals surface area contributed by atoms with Crippen molar-refractivity contribution in [2.24, 2.45) is 5.73 Å². The van der Waals surface area contributed by atoms with Crippen LogP contribution >= 0.6 is 0 Å². The minimum atomic E-state index is 0.0274. The van der Waals surface area contributed by atoms with Crippen molar-refractivity contribution in [1.29, 1.82) is 0 Å². The van der Waals surface area contributed by atoms with E-state index in [1.54, 1.807) is 0 Å². The molecular formula is C16H21N3O. The van der Waals surface area contributed by atoms with E-state index >= 15 is 0 Å². The van der Waals surface area contributed by atoms with Gasteiger partial charge in [-0.2, -0.15) is 0 Å². The first-order chi connectivity index (χ1) is 9.79. The number of rotatable bonds is 6. The molecule has 0 aliphatic heterocycles. The molecule has 20 heavy (non-hydrogen) atoms. The Balaban J connectivity index is 1.73. The summed E-state index contributed by atoms with van der Waals surface area (Å²) in [6.07, 6.45) is 7.20. The van der Waals surface area contributed by atoms with Crippen LogP contribution in [0.3, 0.4) is 0 Å². The topological polar surface area (TPSA) is 53.1 Å². The van der Waals surface area contributed by atoms with Gasteiger partial charge in [0.25, 0.3) is 0 Å².